The molecule has 5 heteroatoms. The second kappa shape index (κ2) is 5.65. The van der Waals surface area contributed by atoms with Crippen LogP contribution in [0.1, 0.15) is 37.9 Å². The van der Waals surface area contributed by atoms with Gasteiger partial charge >= 0.3 is 0 Å². The lowest BCUT2D eigenvalue weighted by Crippen LogP contribution is -2.13. The third-order valence-electron chi connectivity index (χ3n) is 2.88. The standard InChI is InChI=1S/C11H15N3S2/c1-8-13-11(16-14-8)15-10-6-4-2-3-5-9(10)7-12/h9-10H,2-6H2,1H3. The Morgan fingerprint density at radius 2 is 2.19 bits per heavy atom. The second-order valence-corrected chi connectivity index (χ2v) is 6.38. The van der Waals surface area contributed by atoms with Gasteiger partial charge in [-0.2, -0.15) is 9.64 Å². The van der Waals surface area contributed by atoms with E-state index in [4.69, 9.17) is 0 Å². The third-order valence-corrected chi connectivity index (χ3v) is 5.15. The monoisotopic (exact) mass is 253 g/mol. The van der Waals surface area contributed by atoms with Crippen LogP contribution in [-0.4, -0.2) is 14.6 Å². The lowest BCUT2D eigenvalue weighted by atomic mass is 10.0. The summed E-state index contributed by atoms with van der Waals surface area (Å²) in [6.07, 6.45) is 5.90. The van der Waals surface area contributed by atoms with Crippen molar-refractivity contribution in [3.05, 3.63) is 5.82 Å². The Hall–Kier alpha value is -0.600. The molecule has 2 rings (SSSR count). The van der Waals surface area contributed by atoms with Crippen molar-refractivity contribution in [3.8, 4) is 6.07 Å². The van der Waals surface area contributed by atoms with Gasteiger partial charge in [0.2, 0.25) is 0 Å². The molecule has 0 N–H and O–H groups in total. The molecule has 2 atom stereocenters. The zero-order valence-electron chi connectivity index (χ0n) is 9.35. The highest BCUT2D eigenvalue weighted by Crippen LogP contribution is 2.36. The van der Waals surface area contributed by atoms with E-state index in [0.717, 1.165) is 23.0 Å². The Morgan fingerprint density at radius 1 is 1.38 bits per heavy atom. The summed E-state index contributed by atoms with van der Waals surface area (Å²) >= 11 is 3.21. The van der Waals surface area contributed by atoms with Crippen molar-refractivity contribution >= 4 is 23.3 Å². The van der Waals surface area contributed by atoms with Crippen LogP contribution in [0.4, 0.5) is 0 Å². The van der Waals surface area contributed by atoms with Crippen molar-refractivity contribution in [2.24, 2.45) is 5.92 Å². The molecule has 1 aliphatic carbocycles. The van der Waals surface area contributed by atoms with E-state index in [1.54, 1.807) is 11.8 Å². The van der Waals surface area contributed by atoms with Crippen LogP contribution >= 0.6 is 23.3 Å². The number of rotatable bonds is 2. The molecule has 2 unspecified atom stereocenters. The summed E-state index contributed by atoms with van der Waals surface area (Å²) in [6.45, 7) is 1.91. The topological polar surface area (TPSA) is 49.6 Å². The quantitative estimate of drug-likeness (QED) is 0.758. The van der Waals surface area contributed by atoms with E-state index in [0.29, 0.717) is 5.25 Å². The summed E-state index contributed by atoms with van der Waals surface area (Å²) in [5.41, 5.74) is 0. The van der Waals surface area contributed by atoms with Gasteiger partial charge < -0.3 is 0 Å². The zero-order chi connectivity index (χ0) is 11.4. The first kappa shape index (κ1) is 11.9. The Labute approximate surface area is 104 Å². The summed E-state index contributed by atoms with van der Waals surface area (Å²) in [6, 6.07) is 2.46. The molecule has 0 aromatic carbocycles. The van der Waals surface area contributed by atoms with Crippen molar-refractivity contribution in [1.29, 1.82) is 5.26 Å². The van der Waals surface area contributed by atoms with Gasteiger partial charge in [0.05, 0.1) is 12.0 Å². The average molecular weight is 253 g/mol. The molecule has 86 valence electrons. The smallest absolute Gasteiger partial charge is 0.170 e. The normalized spacial score (nSPS) is 26.0. The number of nitriles is 1. The molecule has 1 aliphatic rings. The summed E-state index contributed by atoms with van der Waals surface area (Å²) < 4.78 is 5.20. The lowest BCUT2D eigenvalue weighted by Gasteiger charge is -2.16. The van der Waals surface area contributed by atoms with E-state index >= 15 is 0 Å². The average Bonchev–Trinajstić information content (AvgIpc) is 2.56. The van der Waals surface area contributed by atoms with Gasteiger partial charge in [0.1, 0.15) is 5.82 Å². The van der Waals surface area contributed by atoms with E-state index in [1.807, 2.05) is 6.92 Å². The largest absolute Gasteiger partial charge is 0.213 e. The molecule has 1 fully saturated rings. The number of aromatic nitrogens is 2. The van der Waals surface area contributed by atoms with Crippen LogP contribution < -0.4 is 0 Å². The molecule has 1 aromatic heterocycles. The molecule has 0 amide bonds. The molecule has 0 spiro atoms. The summed E-state index contributed by atoms with van der Waals surface area (Å²) in [7, 11) is 0. The highest BCUT2D eigenvalue weighted by Gasteiger charge is 2.25. The van der Waals surface area contributed by atoms with Crippen molar-refractivity contribution in [2.75, 3.05) is 0 Å². The highest BCUT2D eigenvalue weighted by molar-refractivity contribution is 8.01. The fourth-order valence-corrected chi connectivity index (χ4v) is 4.19. The SMILES string of the molecule is Cc1nsc(SC2CCCCCC2C#N)n1. The maximum Gasteiger partial charge on any atom is 0.170 e. The maximum absolute atomic E-state index is 9.17. The summed E-state index contributed by atoms with van der Waals surface area (Å²) in [5, 5.41) is 9.59. The van der Waals surface area contributed by atoms with Crippen molar-refractivity contribution < 1.29 is 0 Å². The van der Waals surface area contributed by atoms with E-state index in [1.165, 1.54) is 30.8 Å². The van der Waals surface area contributed by atoms with Gasteiger partial charge in [-0.1, -0.05) is 31.0 Å². The Bertz CT molecular complexity index is 383. The van der Waals surface area contributed by atoms with Crippen LogP contribution in [0, 0.1) is 24.2 Å². The van der Waals surface area contributed by atoms with Crippen LogP contribution in [0.2, 0.25) is 0 Å². The van der Waals surface area contributed by atoms with Crippen molar-refractivity contribution in [2.45, 2.75) is 48.6 Å². The van der Waals surface area contributed by atoms with E-state index < -0.39 is 0 Å². The van der Waals surface area contributed by atoms with Gasteiger partial charge in [0.15, 0.2) is 4.34 Å². The van der Waals surface area contributed by atoms with Crippen molar-refractivity contribution in [3.63, 3.8) is 0 Å². The Balaban J connectivity index is 2.03. The number of thioether (sulfide) groups is 1. The molecule has 0 aliphatic heterocycles. The van der Waals surface area contributed by atoms with Crippen LogP contribution in [0.5, 0.6) is 0 Å². The first-order chi connectivity index (χ1) is 7.79. The molecule has 1 saturated carbocycles. The molecular weight excluding hydrogens is 238 g/mol. The minimum Gasteiger partial charge on any atom is -0.213 e. The molecule has 0 radical (unpaired) electrons. The molecule has 3 nitrogen and oxygen atoms in total. The third kappa shape index (κ3) is 2.96. The minimum absolute atomic E-state index is 0.191. The summed E-state index contributed by atoms with van der Waals surface area (Å²) in [5.74, 6) is 1.03. The predicted molar refractivity (Wildman–Crippen MR) is 66.5 cm³/mol. The van der Waals surface area contributed by atoms with Crippen LogP contribution in [0.15, 0.2) is 4.34 Å². The van der Waals surface area contributed by atoms with E-state index in [-0.39, 0.29) is 5.92 Å². The Kier molecular flexibility index (Phi) is 4.19. The molecule has 16 heavy (non-hydrogen) atoms. The number of hydrogen-bond donors (Lipinski definition) is 0. The van der Waals surface area contributed by atoms with Gasteiger partial charge in [0, 0.05) is 5.25 Å². The Morgan fingerprint density at radius 3 is 2.88 bits per heavy atom. The van der Waals surface area contributed by atoms with Crippen LogP contribution in [0.3, 0.4) is 0 Å². The molecule has 1 aromatic rings. The predicted octanol–water partition coefficient (Wildman–Crippen LogP) is 3.41. The van der Waals surface area contributed by atoms with Gasteiger partial charge in [-0.3, -0.25) is 0 Å². The van der Waals surface area contributed by atoms with E-state index in [9.17, 15) is 5.26 Å². The first-order valence-corrected chi connectivity index (χ1v) is 7.31. The molecule has 0 saturated heterocycles. The van der Waals surface area contributed by atoms with Crippen molar-refractivity contribution in [1.82, 2.24) is 9.36 Å². The number of aryl methyl sites for hydroxylation is 1. The zero-order valence-corrected chi connectivity index (χ0v) is 11.0. The first-order valence-electron chi connectivity index (χ1n) is 5.66. The molecular formula is C11H15N3S2. The van der Waals surface area contributed by atoms with E-state index in [2.05, 4.69) is 15.4 Å². The van der Waals surface area contributed by atoms with Gasteiger partial charge in [-0.25, -0.2) is 4.98 Å². The second-order valence-electron chi connectivity index (χ2n) is 4.14. The fraction of sp³-hybridized carbons (Fsp3) is 0.727. The summed E-state index contributed by atoms with van der Waals surface area (Å²) in [4.78, 5) is 4.37. The number of hydrogen-bond acceptors (Lipinski definition) is 5. The number of nitrogens with zero attached hydrogens (tertiary/aromatic N) is 3. The maximum atomic E-state index is 9.17. The lowest BCUT2D eigenvalue weighted by molar-refractivity contribution is 0.585. The van der Waals surface area contributed by atoms with Crippen LogP contribution in [0.25, 0.3) is 0 Å². The molecule has 1 heterocycles. The fourth-order valence-electron chi connectivity index (χ4n) is 2.02. The highest BCUT2D eigenvalue weighted by atomic mass is 32.2. The molecule has 0 bridgehead atoms. The van der Waals surface area contributed by atoms with Gasteiger partial charge in [-0.15, -0.1) is 0 Å². The van der Waals surface area contributed by atoms with Crippen LogP contribution in [-0.2, 0) is 0 Å². The van der Waals surface area contributed by atoms with Gasteiger partial charge in [-0.05, 0) is 31.3 Å². The van der Waals surface area contributed by atoms with Gasteiger partial charge in [0.25, 0.3) is 0 Å². The minimum atomic E-state index is 0.191.